The summed E-state index contributed by atoms with van der Waals surface area (Å²) < 4.78 is 11.0. The first-order chi connectivity index (χ1) is 14.1. The average molecular weight is 411 g/mol. The molecule has 0 spiro atoms. The zero-order valence-electron chi connectivity index (χ0n) is 18.7. The number of unbranched alkanes of at least 4 members (excludes halogenated alkanes) is 7. The van der Waals surface area contributed by atoms with Gasteiger partial charge in [0.25, 0.3) is 0 Å². The van der Waals surface area contributed by atoms with E-state index in [9.17, 15) is 9.59 Å². The van der Waals surface area contributed by atoms with E-state index in [0.717, 1.165) is 58.1 Å². The van der Waals surface area contributed by atoms with Gasteiger partial charge in [0.2, 0.25) is 0 Å². The Labute approximate surface area is 177 Å². The molecule has 2 fully saturated rings. The minimum atomic E-state index is -0.279. The first-order valence-electron chi connectivity index (χ1n) is 11.7. The molecule has 2 unspecified atom stereocenters. The van der Waals surface area contributed by atoms with Crippen LogP contribution in [0.3, 0.4) is 0 Å². The lowest BCUT2D eigenvalue weighted by atomic mass is 9.95. The number of alkyl carbamates (subject to hydrolysis) is 1. The van der Waals surface area contributed by atoms with Crippen molar-refractivity contribution in [2.45, 2.75) is 102 Å². The fraction of sp³-hybridized carbons (Fsp3) is 0.913. The number of nitrogens with one attached hydrogen (secondary N) is 1. The van der Waals surface area contributed by atoms with Crippen LogP contribution in [0.2, 0.25) is 0 Å². The smallest absolute Gasteiger partial charge is 0.407 e. The highest BCUT2D eigenvalue weighted by Crippen LogP contribution is 2.42. The minimum Gasteiger partial charge on any atom is -0.448 e. The first-order valence-corrected chi connectivity index (χ1v) is 11.7. The van der Waals surface area contributed by atoms with Crippen LogP contribution in [0.4, 0.5) is 4.79 Å². The third-order valence-electron chi connectivity index (χ3n) is 6.58. The van der Waals surface area contributed by atoms with E-state index in [1.54, 1.807) is 14.0 Å². The summed E-state index contributed by atoms with van der Waals surface area (Å²) in [6, 6.07) is 0.342. The van der Waals surface area contributed by atoms with Gasteiger partial charge >= 0.3 is 6.09 Å². The van der Waals surface area contributed by atoms with Crippen LogP contribution < -0.4 is 5.32 Å². The Morgan fingerprint density at radius 3 is 2.41 bits per heavy atom. The fourth-order valence-corrected chi connectivity index (χ4v) is 5.03. The van der Waals surface area contributed by atoms with Crippen LogP contribution in [0.1, 0.15) is 90.4 Å². The molecule has 2 aliphatic rings. The van der Waals surface area contributed by atoms with Gasteiger partial charge in [-0.15, -0.1) is 0 Å². The predicted octanol–water partition coefficient (Wildman–Crippen LogP) is 4.46. The van der Waals surface area contributed by atoms with Gasteiger partial charge in [0.15, 0.2) is 0 Å². The lowest BCUT2D eigenvalue weighted by molar-refractivity contribution is -0.117. The second-order valence-corrected chi connectivity index (χ2v) is 8.95. The van der Waals surface area contributed by atoms with Crippen LogP contribution >= 0.6 is 0 Å². The van der Waals surface area contributed by atoms with Crippen molar-refractivity contribution in [2.24, 2.45) is 0 Å². The Balaban J connectivity index is 1.43. The lowest BCUT2D eigenvalue weighted by Gasteiger charge is -2.34. The third-order valence-corrected chi connectivity index (χ3v) is 6.58. The Bertz CT molecular complexity index is 499. The first kappa shape index (κ1) is 24.1. The molecule has 2 heterocycles. The molecule has 1 N–H and O–H groups in total. The van der Waals surface area contributed by atoms with E-state index >= 15 is 0 Å². The van der Waals surface area contributed by atoms with E-state index in [0.29, 0.717) is 25.0 Å². The van der Waals surface area contributed by atoms with Gasteiger partial charge in [-0.25, -0.2) is 4.79 Å². The van der Waals surface area contributed by atoms with Crippen LogP contribution in [0.5, 0.6) is 0 Å². The summed E-state index contributed by atoms with van der Waals surface area (Å²) in [7, 11) is 1.78. The summed E-state index contributed by atoms with van der Waals surface area (Å²) >= 11 is 0. The molecule has 0 saturated carbocycles. The van der Waals surface area contributed by atoms with Crippen molar-refractivity contribution in [3.63, 3.8) is 0 Å². The van der Waals surface area contributed by atoms with Crippen LogP contribution in [-0.4, -0.2) is 61.8 Å². The number of ether oxygens (including phenoxy) is 2. The van der Waals surface area contributed by atoms with Gasteiger partial charge in [0, 0.05) is 31.7 Å². The SMILES string of the molecule is COCC12CCCN1C(COC(=O)NCCCCCCCCCCC(C)=O)CC2. The van der Waals surface area contributed by atoms with Crippen molar-refractivity contribution < 1.29 is 19.1 Å². The fourth-order valence-electron chi connectivity index (χ4n) is 5.03. The van der Waals surface area contributed by atoms with Crippen LogP contribution in [0, 0.1) is 0 Å². The standard InChI is InChI=1S/C23H42N2O4/c1-20(26)12-9-7-5-3-4-6-8-10-16-24-22(27)29-18-21-13-15-23(19-28-2)14-11-17-25(21)23/h21H,3-19H2,1-2H3,(H,24,27). The zero-order chi connectivity index (χ0) is 21.0. The molecule has 0 aromatic heterocycles. The quantitative estimate of drug-likeness (QED) is 0.404. The molecule has 168 valence electrons. The second kappa shape index (κ2) is 13.2. The minimum absolute atomic E-state index is 0.187. The summed E-state index contributed by atoms with van der Waals surface area (Å²) in [5.74, 6) is 0.300. The van der Waals surface area contributed by atoms with Crippen LogP contribution in [0.25, 0.3) is 0 Å². The number of hydrogen-bond acceptors (Lipinski definition) is 5. The Hall–Kier alpha value is -1.14. The van der Waals surface area contributed by atoms with Crippen molar-refractivity contribution >= 4 is 11.9 Å². The molecule has 6 heteroatoms. The molecule has 1 amide bonds. The highest BCUT2D eigenvalue weighted by Gasteiger charge is 2.49. The van der Waals surface area contributed by atoms with E-state index < -0.39 is 0 Å². The molecule has 2 saturated heterocycles. The molecule has 2 atom stereocenters. The Morgan fingerprint density at radius 1 is 1.03 bits per heavy atom. The number of carbonyl (C=O) groups excluding carboxylic acids is 2. The van der Waals surface area contributed by atoms with Gasteiger partial charge in [0.05, 0.1) is 6.61 Å². The number of hydrogen-bond donors (Lipinski definition) is 1. The molecule has 6 nitrogen and oxygen atoms in total. The van der Waals surface area contributed by atoms with E-state index in [1.807, 2.05) is 0 Å². The summed E-state index contributed by atoms with van der Waals surface area (Å²) in [6.07, 6.45) is 14.4. The number of nitrogens with zero attached hydrogens (tertiary/aromatic N) is 1. The number of amides is 1. The van der Waals surface area contributed by atoms with Crippen molar-refractivity contribution in [3.05, 3.63) is 0 Å². The van der Waals surface area contributed by atoms with E-state index in [1.165, 1.54) is 38.5 Å². The summed E-state index contributed by atoms with van der Waals surface area (Å²) in [4.78, 5) is 25.4. The monoisotopic (exact) mass is 410 g/mol. The predicted molar refractivity (Wildman–Crippen MR) is 115 cm³/mol. The molecule has 0 aromatic carbocycles. The Morgan fingerprint density at radius 2 is 1.72 bits per heavy atom. The van der Waals surface area contributed by atoms with Gasteiger partial charge < -0.3 is 19.6 Å². The topological polar surface area (TPSA) is 67.9 Å². The van der Waals surface area contributed by atoms with Crippen molar-refractivity contribution in [3.8, 4) is 0 Å². The number of ketones is 1. The van der Waals surface area contributed by atoms with E-state index in [-0.39, 0.29) is 11.6 Å². The molecular weight excluding hydrogens is 368 g/mol. The molecule has 0 aliphatic carbocycles. The normalized spacial score (nSPS) is 23.9. The maximum Gasteiger partial charge on any atom is 0.407 e. The summed E-state index contributed by atoms with van der Waals surface area (Å²) in [5, 5.41) is 2.89. The number of carbonyl (C=O) groups is 2. The highest BCUT2D eigenvalue weighted by atomic mass is 16.5. The average Bonchev–Trinajstić information content (AvgIpc) is 3.23. The van der Waals surface area contributed by atoms with Gasteiger partial charge in [-0.3, -0.25) is 4.90 Å². The van der Waals surface area contributed by atoms with Gasteiger partial charge in [-0.05, 0) is 52.0 Å². The Kier molecular flexibility index (Phi) is 11.0. The molecule has 0 bridgehead atoms. The molecule has 29 heavy (non-hydrogen) atoms. The zero-order valence-corrected chi connectivity index (χ0v) is 18.7. The largest absolute Gasteiger partial charge is 0.448 e. The third kappa shape index (κ3) is 8.25. The van der Waals surface area contributed by atoms with Crippen molar-refractivity contribution in [1.29, 1.82) is 0 Å². The number of fused-ring (bicyclic) bond motifs is 1. The lowest BCUT2D eigenvalue weighted by Crippen LogP contribution is -2.47. The number of methoxy groups -OCH3 is 1. The number of Topliss-reactive ketones (excluding diaryl/α,β-unsaturated/α-hetero) is 1. The van der Waals surface area contributed by atoms with Crippen LogP contribution in [0.15, 0.2) is 0 Å². The van der Waals surface area contributed by atoms with Crippen LogP contribution in [-0.2, 0) is 14.3 Å². The molecule has 0 radical (unpaired) electrons. The molecule has 0 aromatic rings. The van der Waals surface area contributed by atoms with Crippen molar-refractivity contribution in [2.75, 3.05) is 33.4 Å². The van der Waals surface area contributed by atoms with E-state index in [2.05, 4.69) is 10.2 Å². The van der Waals surface area contributed by atoms with Crippen molar-refractivity contribution in [1.82, 2.24) is 10.2 Å². The summed E-state index contributed by atoms with van der Waals surface area (Å²) in [6.45, 7) is 4.73. The maximum absolute atomic E-state index is 12.0. The van der Waals surface area contributed by atoms with Gasteiger partial charge in [-0.1, -0.05) is 38.5 Å². The maximum atomic E-state index is 12.0. The highest BCUT2D eigenvalue weighted by molar-refractivity contribution is 5.75. The molecule has 2 aliphatic heterocycles. The van der Waals surface area contributed by atoms with Gasteiger partial charge in [0.1, 0.15) is 12.4 Å². The summed E-state index contributed by atoms with van der Waals surface area (Å²) in [5.41, 5.74) is 0.187. The van der Waals surface area contributed by atoms with E-state index in [4.69, 9.17) is 9.47 Å². The molecular formula is C23H42N2O4. The molecule has 2 rings (SSSR count). The number of rotatable bonds is 15. The van der Waals surface area contributed by atoms with Gasteiger partial charge in [-0.2, -0.15) is 0 Å². The second-order valence-electron chi connectivity index (χ2n) is 8.95.